The molecule has 0 saturated carbocycles. The maximum absolute atomic E-state index is 13.7. The van der Waals surface area contributed by atoms with Crippen molar-refractivity contribution in [3.8, 4) is 0 Å². The monoisotopic (exact) mass is 290 g/mol. The molecular weight excluding hydrogens is 275 g/mol. The van der Waals surface area contributed by atoms with Crippen LogP contribution >= 0.6 is 11.8 Å². The zero-order chi connectivity index (χ0) is 13.3. The molecule has 7 heteroatoms. The van der Waals surface area contributed by atoms with Crippen molar-refractivity contribution >= 4 is 27.5 Å². The first-order chi connectivity index (χ1) is 8.41. The molecule has 1 aromatic rings. The van der Waals surface area contributed by atoms with Crippen molar-refractivity contribution in [2.45, 2.75) is 17.1 Å². The van der Waals surface area contributed by atoms with Gasteiger partial charge >= 0.3 is 0 Å². The number of halogens is 1. The van der Waals surface area contributed by atoms with Crippen LogP contribution < -0.4 is 5.73 Å². The number of hydrogen-bond acceptors (Lipinski definition) is 4. The molecule has 1 heterocycles. The largest absolute Gasteiger partial charge is 0.399 e. The molecule has 2 N–H and O–H groups in total. The lowest BCUT2D eigenvalue weighted by Gasteiger charge is -2.29. The van der Waals surface area contributed by atoms with Crippen LogP contribution in [0.1, 0.15) is 6.92 Å². The van der Waals surface area contributed by atoms with Gasteiger partial charge in [-0.1, -0.05) is 6.92 Å². The van der Waals surface area contributed by atoms with Gasteiger partial charge in [0, 0.05) is 29.8 Å². The Balaban J connectivity index is 2.35. The second-order valence-corrected chi connectivity index (χ2v) is 7.69. The van der Waals surface area contributed by atoms with Gasteiger partial charge in [0.1, 0.15) is 10.7 Å². The summed E-state index contributed by atoms with van der Waals surface area (Å²) >= 11 is 1.72. The molecule has 0 aromatic heterocycles. The van der Waals surface area contributed by atoms with Gasteiger partial charge < -0.3 is 5.73 Å². The fourth-order valence-corrected chi connectivity index (χ4v) is 4.67. The molecule has 0 spiro atoms. The number of sulfonamides is 1. The molecule has 0 amide bonds. The van der Waals surface area contributed by atoms with Gasteiger partial charge in [0.25, 0.3) is 0 Å². The molecule has 1 aliphatic heterocycles. The van der Waals surface area contributed by atoms with E-state index in [-0.39, 0.29) is 15.8 Å². The van der Waals surface area contributed by atoms with Crippen LogP contribution in [0.5, 0.6) is 0 Å². The summed E-state index contributed by atoms with van der Waals surface area (Å²) in [5.41, 5.74) is 5.64. The van der Waals surface area contributed by atoms with Crippen LogP contribution in [0.4, 0.5) is 10.1 Å². The first-order valence-electron chi connectivity index (χ1n) is 5.58. The molecule has 0 aliphatic carbocycles. The highest BCUT2D eigenvalue weighted by Gasteiger charge is 2.30. The van der Waals surface area contributed by atoms with E-state index in [0.717, 1.165) is 11.8 Å². The molecule has 1 fully saturated rings. The third-order valence-corrected chi connectivity index (χ3v) is 5.81. The van der Waals surface area contributed by atoms with Gasteiger partial charge in [-0.3, -0.25) is 0 Å². The normalized spacial score (nSPS) is 22.0. The maximum Gasteiger partial charge on any atom is 0.246 e. The summed E-state index contributed by atoms with van der Waals surface area (Å²) in [6.45, 7) is 2.80. The van der Waals surface area contributed by atoms with Crippen LogP contribution in [-0.2, 0) is 10.0 Å². The number of thioether (sulfide) groups is 1. The van der Waals surface area contributed by atoms with E-state index in [4.69, 9.17) is 5.73 Å². The van der Waals surface area contributed by atoms with Gasteiger partial charge in [-0.15, -0.1) is 0 Å². The van der Waals surface area contributed by atoms with E-state index in [2.05, 4.69) is 0 Å². The van der Waals surface area contributed by atoms with E-state index in [0.29, 0.717) is 13.1 Å². The minimum absolute atomic E-state index is 0.217. The van der Waals surface area contributed by atoms with E-state index >= 15 is 0 Å². The standard InChI is InChI=1S/C11H15FN2O2S2/c1-8-7-14(4-5-17-8)18(15,16)11-3-2-9(13)6-10(11)12/h2-3,6,8H,4-5,7,13H2,1H3. The lowest BCUT2D eigenvalue weighted by Crippen LogP contribution is -2.41. The number of benzene rings is 1. The minimum atomic E-state index is -3.75. The molecule has 1 unspecified atom stereocenters. The highest BCUT2D eigenvalue weighted by Crippen LogP contribution is 2.26. The van der Waals surface area contributed by atoms with E-state index < -0.39 is 15.8 Å². The molecule has 18 heavy (non-hydrogen) atoms. The summed E-state index contributed by atoms with van der Waals surface area (Å²) < 4.78 is 39.6. The summed E-state index contributed by atoms with van der Waals surface area (Å²) in [5.74, 6) is -0.0577. The van der Waals surface area contributed by atoms with Crippen LogP contribution in [0.15, 0.2) is 23.1 Å². The number of nitrogens with zero attached hydrogens (tertiary/aromatic N) is 1. The van der Waals surface area contributed by atoms with Crippen LogP contribution in [0.25, 0.3) is 0 Å². The van der Waals surface area contributed by atoms with Gasteiger partial charge in [-0.25, -0.2) is 12.8 Å². The third kappa shape index (κ3) is 2.62. The average molecular weight is 290 g/mol. The fraction of sp³-hybridized carbons (Fsp3) is 0.455. The zero-order valence-corrected chi connectivity index (χ0v) is 11.6. The van der Waals surface area contributed by atoms with E-state index in [1.165, 1.54) is 16.4 Å². The summed E-state index contributed by atoms with van der Waals surface area (Å²) in [6.07, 6.45) is 0. The Morgan fingerprint density at radius 1 is 1.50 bits per heavy atom. The Bertz CT molecular complexity index is 548. The van der Waals surface area contributed by atoms with Crippen molar-refractivity contribution in [3.63, 3.8) is 0 Å². The van der Waals surface area contributed by atoms with E-state index in [1.807, 2.05) is 6.92 Å². The minimum Gasteiger partial charge on any atom is -0.399 e. The summed E-state index contributed by atoms with van der Waals surface area (Å²) in [6, 6.07) is 3.67. The van der Waals surface area contributed by atoms with Crippen molar-refractivity contribution in [2.75, 3.05) is 24.6 Å². The molecule has 1 atom stereocenters. The van der Waals surface area contributed by atoms with Crippen molar-refractivity contribution < 1.29 is 12.8 Å². The molecule has 1 aliphatic rings. The zero-order valence-electron chi connectivity index (χ0n) is 9.97. The van der Waals surface area contributed by atoms with Crippen LogP contribution in [0.2, 0.25) is 0 Å². The van der Waals surface area contributed by atoms with E-state index in [1.54, 1.807) is 11.8 Å². The Morgan fingerprint density at radius 3 is 2.83 bits per heavy atom. The second kappa shape index (κ2) is 5.07. The van der Waals surface area contributed by atoms with Crippen LogP contribution in [-0.4, -0.2) is 36.8 Å². The van der Waals surface area contributed by atoms with Gasteiger partial charge in [-0.2, -0.15) is 16.1 Å². The number of rotatable bonds is 2. The van der Waals surface area contributed by atoms with Crippen molar-refractivity contribution in [1.82, 2.24) is 4.31 Å². The summed E-state index contributed by atoms with van der Waals surface area (Å²) in [7, 11) is -3.75. The second-order valence-electron chi connectivity index (χ2n) is 4.23. The van der Waals surface area contributed by atoms with Crippen molar-refractivity contribution in [1.29, 1.82) is 0 Å². The van der Waals surface area contributed by atoms with Gasteiger partial charge in [0.05, 0.1) is 0 Å². The maximum atomic E-state index is 13.7. The highest BCUT2D eigenvalue weighted by molar-refractivity contribution is 8.00. The fourth-order valence-electron chi connectivity index (χ4n) is 1.87. The predicted octanol–water partition coefficient (Wildman–Crippen LogP) is 1.53. The Morgan fingerprint density at radius 2 is 2.22 bits per heavy atom. The predicted molar refractivity (Wildman–Crippen MR) is 71.5 cm³/mol. The molecule has 0 radical (unpaired) electrons. The molecule has 2 rings (SSSR count). The number of nitrogens with two attached hydrogens (primary N) is 1. The summed E-state index contributed by atoms with van der Waals surface area (Å²) in [5, 5.41) is 0.227. The number of nitrogen functional groups attached to an aromatic ring is 1. The molecular formula is C11H15FN2O2S2. The van der Waals surface area contributed by atoms with Gasteiger partial charge in [0.15, 0.2) is 0 Å². The molecule has 4 nitrogen and oxygen atoms in total. The topological polar surface area (TPSA) is 63.4 Å². The number of hydrogen-bond donors (Lipinski definition) is 1. The Hall–Kier alpha value is -0.790. The highest BCUT2D eigenvalue weighted by atomic mass is 32.2. The van der Waals surface area contributed by atoms with Crippen LogP contribution in [0, 0.1) is 5.82 Å². The molecule has 1 saturated heterocycles. The Labute approximate surface area is 110 Å². The quantitative estimate of drug-likeness (QED) is 0.839. The lowest BCUT2D eigenvalue weighted by atomic mass is 10.3. The smallest absolute Gasteiger partial charge is 0.246 e. The van der Waals surface area contributed by atoms with E-state index in [9.17, 15) is 12.8 Å². The molecule has 1 aromatic carbocycles. The average Bonchev–Trinajstić information content (AvgIpc) is 2.28. The Kier molecular flexibility index (Phi) is 3.84. The lowest BCUT2D eigenvalue weighted by molar-refractivity contribution is 0.420. The first kappa shape index (κ1) is 13.6. The molecule has 100 valence electrons. The SMILES string of the molecule is CC1CN(S(=O)(=O)c2ccc(N)cc2F)CCS1. The van der Waals surface area contributed by atoms with Gasteiger partial charge in [-0.05, 0) is 18.2 Å². The number of anilines is 1. The molecule has 0 bridgehead atoms. The van der Waals surface area contributed by atoms with Crippen molar-refractivity contribution in [2.24, 2.45) is 0 Å². The third-order valence-electron chi connectivity index (χ3n) is 2.78. The van der Waals surface area contributed by atoms with Gasteiger partial charge in [0.2, 0.25) is 10.0 Å². The summed E-state index contributed by atoms with van der Waals surface area (Å²) in [4.78, 5) is -0.296. The van der Waals surface area contributed by atoms with Crippen LogP contribution in [0.3, 0.4) is 0 Å². The van der Waals surface area contributed by atoms with Crippen molar-refractivity contribution in [3.05, 3.63) is 24.0 Å². The first-order valence-corrected chi connectivity index (χ1v) is 8.07.